The number of aromatic nitrogens is 3. The van der Waals surface area contributed by atoms with Gasteiger partial charge in [0.25, 0.3) is 0 Å². The summed E-state index contributed by atoms with van der Waals surface area (Å²) in [7, 11) is 0. The molecule has 0 atom stereocenters. The van der Waals surface area contributed by atoms with Crippen LogP contribution in [0.3, 0.4) is 0 Å². The second-order valence-corrected chi connectivity index (χ2v) is 4.59. The molecule has 0 aromatic carbocycles. The Bertz CT molecular complexity index is 529. The minimum Gasteiger partial charge on any atom is -0.336 e. The number of urea groups is 1. The number of imidazole rings is 1. The molecule has 0 radical (unpaired) electrons. The van der Waals surface area contributed by atoms with Crippen LogP contribution in [0.25, 0.3) is 0 Å². The van der Waals surface area contributed by atoms with Crippen molar-refractivity contribution in [2.75, 3.05) is 18.1 Å². The smallest absolute Gasteiger partial charge is 0.319 e. The molecule has 2 heterocycles. The van der Waals surface area contributed by atoms with Crippen LogP contribution in [0.15, 0.2) is 42.1 Å². The van der Waals surface area contributed by atoms with E-state index in [1.165, 1.54) is 11.8 Å². The quantitative estimate of drug-likeness (QED) is 0.818. The number of hydrogen-bond acceptors (Lipinski definition) is 4. The fraction of sp³-hybridized carbons (Fsp3) is 0.250. The zero-order chi connectivity index (χ0) is 13.5. The number of nitrogens with one attached hydrogen (secondary N) is 2. The molecule has 6 nitrogen and oxygen atoms in total. The van der Waals surface area contributed by atoms with E-state index in [0.29, 0.717) is 13.1 Å². The number of carbonyl (C=O) groups is 1. The molecule has 0 unspecified atom stereocenters. The predicted molar refractivity (Wildman–Crippen MR) is 75.3 cm³/mol. The Balaban J connectivity index is 1.77. The number of anilines is 1. The van der Waals surface area contributed by atoms with E-state index < -0.39 is 0 Å². The van der Waals surface area contributed by atoms with Crippen molar-refractivity contribution >= 4 is 23.5 Å². The molecule has 7 heteroatoms. The first kappa shape index (κ1) is 13.4. The highest BCUT2D eigenvalue weighted by atomic mass is 32.2. The van der Waals surface area contributed by atoms with Gasteiger partial charge < -0.3 is 15.2 Å². The molecule has 2 amide bonds. The van der Waals surface area contributed by atoms with Crippen LogP contribution in [0, 0.1) is 0 Å². The number of thioether (sulfide) groups is 1. The maximum atomic E-state index is 11.7. The molecule has 19 heavy (non-hydrogen) atoms. The van der Waals surface area contributed by atoms with E-state index in [4.69, 9.17) is 0 Å². The predicted octanol–water partition coefficient (Wildman–Crippen LogP) is 1.82. The van der Waals surface area contributed by atoms with E-state index in [0.717, 1.165) is 10.7 Å². The van der Waals surface area contributed by atoms with Crippen molar-refractivity contribution in [3.8, 4) is 0 Å². The summed E-state index contributed by atoms with van der Waals surface area (Å²) in [5.41, 5.74) is 0.736. The fourth-order valence-electron chi connectivity index (χ4n) is 1.49. The third-order valence-electron chi connectivity index (χ3n) is 2.42. The Hall–Kier alpha value is -2.02. The summed E-state index contributed by atoms with van der Waals surface area (Å²) in [4.78, 5) is 19.7. The van der Waals surface area contributed by atoms with E-state index in [-0.39, 0.29) is 6.03 Å². The van der Waals surface area contributed by atoms with E-state index >= 15 is 0 Å². The molecule has 2 rings (SSSR count). The van der Waals surface area contributed by atoms with Crippen molar-refractivity contribution < 1.29 is 4.79 Å². The Kier molecular flexibility index (Phi) is 4.79. The van der Waals surface area contributed by atoms with Gasteiger partial charge in [-0.15, -0.1) is 11.8 Å². The number of nitrogens with zero attached hydrogens (tertiary/aromatic N) is 3. The SMILES string of the molecule is CSc1cc(NC(=O)NCCn2ccnc2)ccn1. The summed E-state index contributed by atoms with van der Waals surface area (Å²) >= 11 is 1.53. The summed E-state index contributed by atoms with van der Waals surface area (Å²) in [6.07, 6.45) is 8.89. The van der Waals surface area contributed by atoms with Crippen LogP contribution in [0.1, 0.15) is 0 Å². The topological polar surface area (TPSA) is 71.8 Å². The summed E-state index contributed by atoms with van der Waals surface area (Å²) in [5, 5.41) is 6.42. The van der Waals surface area contributed by atoms with Gasteiger partial charge in [0.2, 0.25) is 0 Å². The molecule has 100 valence electrons. The van der Waals surface area contributed by atoms with Crippen LogP contribution >= 0.6 is 11.8 Å². The Morgan fingerprint density at radius 3 is 3.11 bits per heavy atom. The largest absolute Gasteiger partial charge is 0.336 e. The van der Waals surface area contributed by atoms with Gasteiger partial charge in [-0.2, -0.15) is 0 Å². The Morgan fingerprint density at radius 1 is 1.47 bits per heavy atom. The van der Waals surface area contributed by atoms with Crippen molar-refractivity contribution in [3.05, 3.63) is 37.1 Å². The van der Waals surface area contributed by atoms with Crippen molar-refractivity contribution in [2.24, 2.45) is 0 Å². The lowest BCUT2D eigenvalue weighted by Crippen LogP contribution is -2.31. The van der Waals surface area contributed by atoms with Crippen LogP contribution < -0.4 is 10.6 Å². The number of carbonyl (C=O) groups excluding carboxylic acids is 1. The van der Waals surface area contributed by atoms with E-state index in [1.54, 1.807) is 24.8 Å². The molecule has 0 aliphatic carbocycles. The Morgan fingerprint density at radius 2 is 2.37 bits per heavy atom. The van der Waals surface area contributed by atoms with Gasteiger partial charge in [0.05, 0.1) is 11.4 Å². The zero-order valence-corrected chi connectivity index (χ0v) is 11.4. The first-order valence-corrected chi connectivity index (χ1v) is 7.01. The van der Waals surface area contributed by atoms with Crippen molar-refractivity contribution in [1.82, 2.24) is 19.9 Å². The van der Waals surface area contributed by atoms with E-state index in [2.05, 4.69) is 20.6 Å². The summed E-state index contributed by atoms with van der Waals surface area (Å²) in [5.74, 6) is 0. The molecule has 0 aliphatic heterocycles. The van der Waals surface area contributed by atoms with Gasteiger partial charge in [0, 0.05) is 37.4 Å². The molecule has 2 N–H and O–H groups in total. The van der Waals surface area contributed by atoms with Crippen LogP contribution in [0.2, 0.25) is 0 Å². The number of amides is 2. The van der Waals surface area contributed by atoms with Crippen molar-refractivity contribution in [1.29, 1.82) is 0 Å². The lowest BCUT2D eigenvalue weighted by atomic mass is 10.4. The van der Waals surface area contributed by atoms with Gasteiger partial charge in [0.1, 0.15) is 0 Å². The van der Waals surface area contributed by atoms with Gasteiger partial charge in [-0.3, -0.25) is 0 Å². The highest BCUT2D eigenvalue weighted by Gasteiger charge is 2.02. The Labute approximate surface area is 115 Å². The molecule has 0 fully saturated rings. The number of hydrogen-bond donors (Lipinski definition) is 2. The van der Waals surface area contributed by atoms with Gasteiger partial charge in [-0.05, 0) is 18.4 Å². The van der Waals surface area contributed by atoms with E-state index in [9.17, 15) is 4.79 Å². The first-order valence-electron chi connectivity index (χ1n) is 5.78. The monoisotopic (exact) mass is 277 g/mol. The third-order valence-corrected chi connectivity index (χ3v) is 3.06. The molecular weight excluding hydrogens is 262 g/mol. The highest BCUT2D eigenvalue weighted by molar-refractivity contribution is 7.98. The second-order valence-electron chi connectivity index (χ2n) is 3.77. The highest BCUT2D eigenvalue weighted by Crippen LogP contribution is 2.15. The van der Waals surface area contributed by atoms with Gasteiger partial charge in [0.15, 0.2) is 0 Å². The summed E-state index contributed by atoms with van der Waals surface area (Å²) < 4.78 is 1.90. The van der Waals surface area contributed by atoms with Crippen molar-refractivity contribution in [3.63, 3.8) is 0 Å². The maximum absolute atomic E-state index is 11.7. The van der Waals surface area contributed by atoms with Crippen LogP contribution in [-0.2, 0) is 6.54 Å². The van der Waals surface area contributed by atoms with Crippen LogP contribution in [0.4, 0.5) is 10.5 Å². The molecule has 0 saturated carbocycles. The molecule has 2 aromatic rings. The van der Waals surface area contributed by atoms with E-state index in [1.807, 2.05) is 23.1 Å². The average Bonchev–Trinajstić information content (AvgIpc) is 2.92. The minimum absolute atomic E-state index is 0.224. The molecule has 0 bridgehead atoms. The van der Waals surface area contributed by atoms with Crippen LogP contribution in [-0.4, -0.2) is 33.4 Å². The number of rotatable bonds is 5. The van der Waals surface area contributed by atoms with Gasteiger partial charge in [-0.1, -0.05) is 0 Å². The fourth-order valence-corrected chi connectivity index (χ4v) is 1.90. The summed E-state index contributed by atoms with van der Waals surface area (Å²) in [6.45, 7) is 1.24. The lowest BCUT2D eigenvalue weighted by Gasteiger charge is -2.08. The molecule has 0 aliphatic rings. The minimum atomic E-state index is -0.224. The van der Waals surface area contributed by atoms with Crippen LogP contribution in [0.5, 0.6) is 0 Å². The normalized spacial score (nSPS) is 10.2. The zero-order valence-electron chi connectivity index (χ0n) is 10.5. The first-order chi connectivity index (χ1) is 9.28. The molecule has 2 aromatic heterocycles. The van der Waals surface area contributed by atoms with Crippen molar-refractivity contribution in [2.45, 2.75) is 11.6 Å². The summed E-state index contributed by atoms with van der Waals surface area (Å²) in [6, 6.07) is 3.37. The lowest BCUT2D eigenvalue weighted by molar-refractivity contribution is 0.251. The molecule has 0 saturated heterocycles. The average molecular weight is 277 g/mol. The third kappa shape index (κ3) is 4.29. The van der Waals surface area contributed by atoms with Gasteiger partial charge >= 0.3 is 6.03 Å². The molecular formula is C12H15N5OS. The van der Waals surface area contributed by atoms with Gasteiger partial charge in [-0.25, -0.2) is 14.8 Å². The standard InChI is InChI=1S/C12H15N5OS/c1-19-11-8-10(2-3-14-11)16-12(18)15-5-7-17-6-4-13-9-17/h2-4,6,8-9H,5,7H2,1H3,(H2,14,15,16,18). The number of pyridine rings is 1. The maximum Gasteiger partial charge on any atom is 0.319 e. The second kappa shape index (κ2) is 6.79. The molecule has 0 spiro atoms.